The maximum Gasteiger partial charge on any atom is 0.408 e. The van der Waals surface area contributed by atoms with Gasteiger partial charge >= 0.3 is 12.1 Å². The van der Waals surface area contributed by atoms with Gasteiger partial charge in [0.25, 0.3) is 0 Å². The summed E-state index contributed by atoms with van der Waals surface area (Å²) in [6.07, 6.45) is 3.22. The van der Waals surface area contributed by atoms with Crippen LogP contribution in [-0.2, 0) is 22.6 Å². The summed E-state index contributed by atoms with van der Waals surface area (Å²) in [5.41, 5.74) is 0.829. The van der Waals surface area contributed by atoms with Gasteiger partial charge in [0, 0.05) is 18.8 Å². The number of carbonyl (C=O) groups is 2. The van der Waals surface area contributed by atoms with Crippen molar-refractivity contribution in [3.05, 3.63) is 54.1 Å². The quantitative estimate of drug-likeness (QED) is 0.812. The van der Waals surface area contributed by atoms with Gasteiger partial charge in [-0.15, -0.1) is 0 Å². The van der Waals surface area contributed by atoms with Crippen LogP contribution in [0.4, 0.5) is 4.79 Å². The van der Waals surface area contributed by atoms with Crippen LogP contribution in [0.25, 0.3) is 0 Å². The highest BCUT2D eigenvalue weighted by Crippen LogP contribution is 2.15. The smallest absolute Gasteiger partial charge is 0.408 e. The Kier molecular flexibility index (Phi) is 5.95. The van der Waals surface area contributed by atoms with Crippen LogP contribution in [0.5, 0.6) is 0 Å². The number of rotatable bonds is 7. The molecule has 1 aromatic heterocycles. The molecule has 0 saturated carbocycles. The van der Waals surface area contributed by atoms with Gasteiger partial charge in [-0.25, -0.2) is 14.6 Å². The molecule has 24 heavy (non-hydrogen) atoms. The number of imidazole rings is 1. The highest BCUT2D eigenvalue weighted by molar-refractivity contribution is 5.80. The molecule has 1 heterocycles. The summed E-state index contributed by atoms with van der Waals surface area (Å²) < 4.78 is 6.84. The number of hydrogen-bond acceptors (Lipinski definition) is 4. The number of carbonyl (C=O) groups excluding carboxylic acids is 1. The van der Waals surface area contributed by atoms with Gasteiger partial charge in [-0.3, -0.25) is 0 Å². The summed E-state index contributed by atoms with van der Waals surface area (Å²) in [7, 11) is 0. The third-order valence-electron chi connectivity index (χ3n) is 3.74. The number of nitrogens with one attached hydrogen (secondary N) is 1. The van der Waals surface area contributed by atoms with Crippen LogP contribution in [0.1, 0.15) is 31.3 Å². The van der Waals surface area contributed by atoms with Crippen molar-refractivity contribution in [3.8, 4) is 0 Å². The summed E-state index contributed by atoms with van der Waals surface area (Å²) in [4.78, 5) is 27.7. The second-order valence-electron chi connectivity index (χ2n) is 5.37. The van der Waals surface area contributed by atoms with Gasteiger partial charge in [0.05, 0.1) is 6.04 Å². The maximum absolute atomic E-state index is 11.9. The molecule has 2 aromatic rings. The van der Waals surface area contributed by atoms with Crippen LogP contribution in [0.15, 0.2) is 42.7 Å². The minimum absolute atomic E-state index is 0.0820. The molecule has 128 valence electrons. The van der Waals surface area contributed by atoms with E-state index in [1.807, 2.05) is 37.3 Å². The van der Waals surface area contributed by atoms with Crippen LogP contribution in [0.3, 0.4) is 0 Å². The molecule has 7 nitrogen and oxygen atoms in total. The molecule has 2 N–H and O–H groups in total. The number of benzene rings is 1. The molecular weight excluding hydrogens is 310 g/mol. The minimum atomic E-state index is -1.13. The second kappa shape index (κ2) is 8.14. The summed E-state index contributed by atoms with van der Waals surface area (Å²) in [6.45, 7) is 3.73. The van der Waals surface area contributed by atoms with E-state index >= 15 is 0 Å². The lowest BCUT2D eigenvalue weighted by atomic mass is 10.1. The van der Waals surface area contributed by atoms with Gasteiger partial charge in [-0.05, 0) is 12.5 Å². The van der Waals surface area contributed by atoms with Crippen LogP contribution in [0, 0.1) is 0 Å². The van der Waals surface area contributed by atoms with Crippen molar-refractivity contribution in [2.45, 2.75) is 39.0 Å². The fourth-order valence-electron chi connectivity index (χ4n) is 2.43. The molecule has 0 aliphatic rings. The Morgan fingerprint density at radius 2 is 2.04 bits per heavy atom. The van der Waals surface area contributed by atoms with Gasteiger partial charge in [0.15, 0.2) is 0 Å². The highest BCUT2D eigenvalue weighted by Gasteiger charge is 2.29. The second-order valence-corrected chi connectivity index (χ2v) is 5.37. The van der Waals surface area contributed by atoms with Crippen molar-refractivity contribution in [1.29, 1.82) is 0 Å². The fourth-order valence-corrected chi connectivity index (χ4v) is 2.43. The molecule has 2 unspecified atom stereocenters. The van der Waals surface area contributed by atoms with Crippen molar-refractivity contribution in [2.75, 3.05) is 0 Å². The van der Waals surface area contributed by atoms with E-state index in [2.05, 4.69) is 10.3 Å². The van der Waals surface area contributed by atoms with E-state index in [-0.39, 0.29) is 6.61 Å². The fraction of sp³-hybridized carbons (Fsp3) is 0.353. The van der Waals surface area contributed by atoms with E-state index in [0.29, 0.717) is 6.42 Å². The van der Waals surface area contributed by atoms with Gasteiger partial charge in [0.2, 0.25) is 0 Å². The molecule has 2 rings (SSSR count). The number of aryl methyl sites for hydroxylation is 1. The molecule has 0 fully saturated rings. The van der Waals surface area contributed by atoms with E-state index in [1.165, 1.54) is 0 Å². The van der Waals surface area contributed by atoms with E-state index in [0.717, 1.165) is 11.4 Å². The number of amides is 1. The molecule has 0 spiro atoms. The molecule has 2 atom stereocenters. The van der Waals surface area contributed by atoms with Crippen molar-refractivity contribution in [1.82, 2.24) is 14.9 Å². The Balaban J connectivity index is 2.00. The zero-order chi connectivity index (χ0) is 17.5. The number of aliphatic carboxylic acids is 1. The first-order valence-corrected chi connectivity index (χ1v) is 7.74. The lowest BCUT2D eigenvalue weighted by Crippen LogP contribution is -2.46. The number of carboxylic acid groups (broad SMARTS) is 1. The first kappa shape index (κ1) is 17.5. The van der Waals surface area contributed by atoms with Crippen molar-refractivity contribution < 1.29 is 19.4 Å². The number of nitrogens with zero attached hydrogens (tertiary/aromatic N) is 2. The Morgan fingerprint density at radius 1 is 1.33 bits per heavy atom. The molecule has 0 aliphatic carbocycles. The van der Waals surface area contributed by atoms with Crippen LogP contribution in [-0.4, -0.2) is 32.8 Å². The summed E-state index contributed by atoms with van der Waals surface area (Å²) in [6, 6.07) is 7.57. The summed E-state index contributed by atoms with van der Waals surface area (Å²) in [5, 5.41) is 11.9. The molecule has 1 aromatic carbocycles. The lowest BCUT2D eigenvalue weighted by molar-refractivity contribution is -0.140. The van der Waals surface area contributed by atoms with Crippen LogP contribution >= 0.6 is 0 Å². The molecule has 7 heteroatoms. The molecule has 0 aliphatic heterocycles. The predicted molar refractivity (Wildman–Crippen MR) is 87.5 cm³/mol. The third-order valence-corrected chi connectivity index (χ3v) is 3.74. The number of alkyl carbamates (subject to hydrolysis) is 1. The molecular formula is C17H21N3O4. The highest BCUT2D eigenvalue weighted by atomic mass is 16.5. The zero-order valence-corrected chi connectivity index (χ0v) is 13.7. The van der Waals surface area contributed by atoms with E-state index in [1.54, 1.807) is 23.9 Å². The van der Waals surface area contributed by atoms with E-state index in [9.17, 15) is 14.7 Å². The molecule has 0 saturated heterocycles. The number of carboxylic acids is 1. The van der Waals surface area contributed by atoms with Crippen LogP contribution in [0.2, 0.25) is 0 Å². The lowest BCUT2D eigenvalue weighted by Gasteiger charge is -2.23. The average molecular weight is 331 g/mol. The Labute approximate surface area is 140 Å². The number of ether oxygens (including phenoxy) is 1. The molecule has 1 amide bonds. The van der Waals surface area contributed by atoms with Crippen molar-refractivity contribution in [2.24, 2.45) is 0 Å². The minimum Gasteiger partial charge on any atom is -0.480 e. The van der Waals surface area contributed by atoms with Crippen LogP contribution < -0.4 is 5.32 Å². The van der Waals surface area contributed by atoms with E-state index in [4.69, 9.17) is 4.74 Å². The first-order chi connectivity index (χ1) is 11.5. The third kappa shape index (κ3) is 4.34. The summed E-state index contributed by atoms with van der Waals surface area (Å²) in [5.74, 6) is -0.372. The van der Waals surface area contributed by atoms with Crippen molar-refractivity contribution in [3.63, 3.8) is 0 Å². The average Bonchev–Trinajstić information content (AvgIpc) is 3.06. The largest absolute Gasteiger partial charge is 0.480 e. The summed E-state index contributed by atoms with van der Waals surface area (Å²) >= 11 is 0. The zero-order valence-electron chi connectivity index (χ0n) is 13.7. The van der Waals surface area contributed by atoms with Gasteiger partial charge in [-0.1, -0.05) is 37.3 Å². The van der Waals surface area contributed by atoms with Gasteiger partial charge in [0.1, 0.15) is 18.5 Å². The Morgan fingerprint density at radius 3 is 2.67 bits per heavy atom. The number of hydrogen-bond donors (Lipinski definition) is 2. The maximum atomic E-state index is 11.9. The van der Waals surface area contributed by atoms with Crippen molar-refractivity contribution >= 4 is 12.1 Å². The topological polar surface area (TPSA) is 93.5 Å². The Bertz CT molecular complexity index is 684. The Hall–Kier alpha value is -2.83. The normalized spacial score (nSPS) is 13.1. The standard InChI is InChI=1S/C17H21N3O4/c1-3-14-18-9-10-20(14)12(2)15(16(21)22)19-17(23)24-11-13-7-5-4-6-8-13/h4-10,12,15H,3,11H2,1-2H3,(H,19,23)(H,21,22). The van der Waals surface area contributed by atoms with Gasteiger partial charge in [-0.2, -0.15) is 0 Å². The van der Waals surface area contributed by atoms with E-state index < -0.39 is 24.1 Å². The molecule has 0 radical (unpaired) electrons. The monoisotopic (exact) mass is 331 g/mol. The predicted octanol–water partition coefficient (Wildman–Crippen LogP) is 2.39. The SMILES string of the molecule is CCc1nccn1C(C)C(NC(=O)OCc1ccccc1)C(=O)O. The molecule has 0 bridgehead atoms. The number of aromatic nitrogens is 2. The first-order valence-electron chi connectivity index (χ1n) is 7.74. The van der Waals surface area contributed by atoms with Gasteiger partial charge < -0.3 is 19.7 Å².